The van der Waals surface area contributed by atoms with Crippen molar-refractivity contribution in [3.8, 4) is 0 Å². The van der Waals surface area contributed by atoms with Gasteiger partial charge in [-0.1, -0.05) is 0 Å². The molecule has 0 aliphatic heterocycles. The zero-order chi connectivity index (χ0) is 10.7. The predicted molar refractivity (Wildman–Crippen MR) is 65.6 cm³/mol. The minimum absolute atomic E-state index is 0.613. The molecule has 1 aliphatic carbocycles. The minimum atomic E-state index is 0.613. The zero-order valence-corrected chi connectivity index (χ0v) is 9.99. The van der Waals surface area contributed by atoms with Gasteiger partial charge in [-0.3, -0.25) is 9.50 Å². The lowest BCUT2D eigenvalue weighted by molar-refractivity contribution is 0.917. The molecule has 0 atom stereocenters. The van der Waals surface area contributed by atoms with Crippen LogP contribution in [0.15, 0.2) is 6.33 Å². The van der Waals surface area contributed by atoms with E-state index in [4.69, 9.17) is 12.2 Å². The molecule has 0 aromatic carbocycles. The summed E-state index contributed by atoms with van der Waals surface area (Å²) in [7, 11) is 0. The van der Waals surface area contributed by atoms with Crippen LogP contribution in [0.4, 0.5) is 0 Å². The Balaban J connectivity index is 2.31. The Kier molecular flexibility index (Phi) is 1.60. The number of nitrogens with zero attached hydrogens (tertiary/aromatic N) is 3. The summed E-state index contributed by atoms with van der Waals surface area (Å²) in [6.07, 6.45) is 5.35. The molecule has 0 spiro atoms. The first-order valence-corrected chi connectivity index (χ1v) is 6.43. The molecule has 0 saturated carbocycles. The molecule has 80 valence electrons. The van der Waals surface area contributed by atoms with Gasteiger partial charge in [0.05, 0.1) is 5.39 Å². The summed E-state index contributed by atoms with van der Waals surface area (Å²) >= 11 is 6.96. The molecule has 3 aromatic rings. The van der Waals surface area contributed by atoms with Crippen LogP contribution in [-0.2, 0) is 12.8 Å². The minimum Gasteiger partial charge on any atom is -0.258 e. The van der Waals surface area contributed by atoms with E-state index in [0.29, 0.717) is 4.77 Å². The van der Waals surface area contributed by atoms with E-state index in [9.17, 15) is 0 Å². The first-order valence-electron chi connectivity index (χ1n) is 5.20. The van der Waals surface area contributed by atoms with Crippen LogP contribution < -0.4 is 0 Å². The third kappa shape index (κ3) is 0.959. The molecule has 1 N–H and O–H groups in total. The van der Waals surface area contributed by atoms with Crippen molar-refractivity contribution in [1.29, 1.82) is 0 Å². The van der Waals surface area contributed by atoms with E-state index in [1.54, 1.807) is 17.7 Å². The molecule has 4 nitrogen and oxygen atoms in total. The van der Waals surface area contributed by atoms with Crippen LogP contribution in [0.2, 0.25) is 0 Å². The summed E-state index contributed by atoms with van der Waals surface area (Å²) in [5.41, 5.74) is 2.36. The molecule has 0 fully saturated rings. The third-order valence-electron chi connectivity index (χ3n) is 3.12. The number of rotatable bonds is 0. The maximum atomic E-state index is 5.16. The van der Waals surface area contributed by atoms with Crippen LogP contribution in [-0.4, -0.2) is 19.6 Å². The Morgan fingerprint density at radius 3 is 3.31 bits per heavy atom. The van der Waals surface area contributed by atoms with E-state index in [-0.39, 0.29) is 0 Å². The van der Waals surface area contributed by atoms with Gasteiger partial charge >= 0.3 is 0 Å². The molecule has 0 saturated heterocycles. The monoisotopic (exact) mass is 248 g/mol. The van der Waals surface area contributed by atoms with Crippen molar-refractivity contribution in [1.82, 2.24) is 19.6 Å². The highest BCUT2D eigenvalue weighted by atomic mass is 32.1. The van der Waals surface area contributed by atoms with Crippen LogP contribution >= 0.6 is 23.6 Å². The molecule has 0 unspecified atom stereocenters. The van der Waals surface area contributed by atoms with Crippen molar-refractivity contribution in [3.05, 3.63) is 21.5 Å². The van der Waals surface area contributed by atoms with Crippen molar-refractivity contribution in [2.45, 2.75) is 19.3 Å². The summed E-state index contributed by atoms with van der Waals surface area (Å²) in [6, 6.07) is 0. The number of nitrogens with one attached hydrogen (secondary N) is 1. The van der Waals surface area contributed by atoms with Crippen molar-refractivity contribution in [2.75, 3.05) is 0 Å². The second-order valence-corrected chi connectivity index (χ2v) is 5.47. The lowest BCUT2D eigenvalue weighted by Gasteiger charge is -1.95. The fourth-order valence-electron chi connectivity index (χ4n) is 2.41. The zero-order valence-electron chi connectivity index (χ0n) is 8.36. The second-order valence-electron chi connectivity index (χ2n) is 4.00. The molecule has 3 heterocycles. The standard InChI is InChI=1S/C10H8N4S2/c15-10-13-12-8-7-5-2-1-3-6(5)16-9(7)11-4-14(8)10/h4H,1-3H2,(H,13,15). The van der Waals surface area contributed by atoms with Gasteiger partial charge in [-0.25, -0.2) is 4.98 Å². The van der Waals surface area contributed by atoms with Crippen molar-refractivity contribution < 1.29 is 0 Å². The maximum absolute atomic E-state index is 5.16. The molecule has 16 heavy (non-hydrogen) atoms. The first kappa shape index (κ1) is 8.83. The molecular weight excluding hydrogens is 240 g/mol. The molecule has 3 aromatic heterocycles. The fourth-order valence-corrected chi connectivity index (χ4v) is 3.81. The summed E-state index contributed by atoms with van der Waals surface area (Å²) < 4.78 is 2.46. The van der Waals surface area contributed by atoms with Gasteiger partial charge in [-0.15, -0.1) is 11.3 Å². The van der Waals surface area contributed by atoms with E-state index in [2.05, 4.69) is 15.2 Å². The van der Waals surface area contributed by atoms with Gasteiger partial charge in [0.2, 0.25) is 4.77 Å². The smallest absolute Gasteiger partial charge is 0.200 e. The highest BCUT2D eigenvalue weighted by molar-refractivity contribution is 7.71. The number of hydrogen-bond donors (Lipinski definition) is 1. The molecule has 6 heteroatoms. The van der Waals surface area contributed by atoms with Gasteiger partial charge in [0, 0.05) is 4.88 Å². The Labute approximate surface area is 99.9 Å². The molecule has 0 radical (unpaired) electrons. The van der Waals surface area contributed by atoms with Crippen LogP contribution in [0.3, 0.4) is 0 Å². The van der Waals surface area contributed by atoms with E-state index >= 15 is 0 Å². The number of aromatic amines is 1. The number of thiophene rings is 1. The van der Waals surface area contributed by atoms with Crippen LogP contribution in [0.25, 0.3) is 15.9 Å². The van der Waals surface area contributed by atoms with Gasteiger partial charge in [-0.05, 0) is 37.0 Å². The Morgan fingerprint density at radius 2 is 2.38 bits per heavy atom. The van der Waals surface area contributed by atoms with E-state index in [0.717, 1.165) is 16.9 Å². The SMILES string of the molecule is S=c1[nH]nc2c3c4c(sc3ncn12)CCC4. The molecule has 0 amide bonds. The third-order valence-corrected chi connectivity index (χ3v) is 4.61. The van der Waals surface area contributed by atoms with Gasteiger partial charge in [0.25, 0.3) is 0 Å². The van der Waals surface area contributed by atoms with Crippen molar-refractivity contribution >= 4 is 39.4 Å². The Bertz CT molecular complexity index is 764. The van der Waals surface area contributed by atoms with Crippen LogP contribution in [0, 0.1) is 4.77 Å². The lowest BCUT2D eigenvalue weighted by atomic mass is 10.2. The fraction of sp³-hybridized carbons (Fsp3) is 0.300. The second kappa shape index (κ2) is 2.89. The number of hydrogen-bond acceptors (Lipinski definition) is 4. The topological polar surface area (TPSA) is 46.0 Å². The highest BCUT2D eigenvalue weighted by Gasteiger charge is 2.20. The largest absolute Gasteiger partial charge is 0.258 e. The lowest BCUT2D eigenvalue weighted by Crippen LogP contribution is -1.89. The number of H-pyrrole nitrogens is 1. The summed E-state index contributed by atoms with van der Waals surface area (Å²) in [4.78, 5) is 7.03. The normalized spacial score (nSPS) is 15.0. The highest BCUT2D eigenvalue weighted by Crippen LogP contribution is 2.37. The quantitative estimate of drug-likeness (QED) is 0.622. The van der Waals surface area contributed by atoms with Crippen LogP contribution in [0.1, 0.15) is 16.9 Å². The van der Waals surface area contributed by atoms with Gasteiger partial charge in [0.15, 0.2) is 5.65 Å². The number of aromatic nitrogens is 4. The first-order chi connectivity index (χ1) is 7.84. The summed E-state index contributed by atoms with van der Waals surface area (Å²) in [6.45, 7) is 0. The van der Waals surface area contributed by atoms with Crippen molar-refractivity contribution in [3.63, 3.8) is 0 Å². The molecule has 1 aliphatic rings. The summed E-state index contributed by atoms with van der Waals surface area (Å²) in [5.74, 6) is 0. The molecular formula is C10H8N4S2. The van der Waals surface area contributed by atoms with Gasteiger partial charge in [-0.2, -0.15) is 5.10 Å². The number of aryl methyl sites for hydroxylation is 2. The average Bonchev–Trinajstić information content (AvgIpc) is 2.91. The van der Waals surface area contributed by atoms with E-state index in [1.807, 2.05) is 4.40 Å². The van der Waals surface area contributed by atoms with Crippen molar-refractivity contribution in [2.24, 2.45) is 0 Å². The Hall–Kier alpha value is -1.27. The average molecular weight is 248 g/mol. The van der Waals surface area contributed by atoms with E-state index in [1.165, 1.54) is 28.7 Å². The molecule has 0 bridgehead atoms. The summed E-state index contributed by atoms with van der Waals surface area (Å²) in [5, 5.41) is 8.34. The van der Waals surface area contributed by atoms with Crippen LogP contribution in [0.5, 0.6) is 0 Å². The van der Waals surface area contributed by atoms with Gasteiger partial charge in [0.1, 0.15) is 11.2 Å². The number of fused-ring (bicyclic) bond motifs is 5. The molecule has 4 rings (SSSR count). The maximum Gasteiger partial charge on any atom is 0.200 e. The van der Waals surface area contributed by atoms with E-state index < -0.39 is 0 Å². The predicted octanol–water partition coefficient (Wildman–Crippen LogP) is 2.49. The Morgan fingerprint density at radius 1 is 1.44 bits per heavy atom. The van der Waals surface area contributed by atoms with Gasteiger partial charge < -0.3 is 0 Å².